The minimum absolute atomic E-state index is 0.572. The second-order valence-electron chi connectivity index (χ2n) is 3.39. The summed E-state index contributed by atoms with van der Waals surface area (Å²) < 4.78 is 10.3. The van der Waals surface area contributed by atoms with Gasteiger partial charge in [-0.05, 0) is 35.0 Å². The van der Waals surface area contributed by atoms with E-state index in [2.05, 4.69) is 0 Å². The average molecular weight is 216 g/mol. The van der Waals surface area contributed by atoms with Crippen molar-refractivity contribution in [2.24, 2.45) is 0 Å². The first-order valence-electron chi connectivity index (χ1n) is 4.90. The van der Waals surface area contributed by atoms with E-state index < -0.39 is 0 Å². The highest BCUT2D eigenvalue weighted by atomic mass is 16.5. The van der Waals surface area contributed by atoms with E-state index in [1.165, 1.54) is 0 Å². The molecule has 82 valence electrons. The normalized spacial score (nSPS) is 10.1. The van der Waals surface area contributed by atoms with E-state index in [9.17, 15) is 4.79 Å². The number of carbonyl (C=O) groups is 1. The first-order valence-corrected chi connectivity index (χ1v) is 4.90. The molecule has 0 fully saturated rings. The number of hydrogen-bond donors (Lipinski definition) is 0. The Hall–Kier alpha value is -2.03. The van der Waals surface area contributed by atoms with E-state index in [1.54, 1.807) is 20.3 Å². The van der Waals surface area contributed by atoms with Gasteiger partial charge in [0.2, 0.25) is 0 Å². The first kappa shape index (κ1) is 10.5. The molecule has 0 N–H and O–H groups in total. The van der Waals surface area contributed by atoms with Crippen LogP contribution in [0.25, 0.3) is 10.8 Å². The Morgan fingerprint density at radius 2 is 1.88 bits per heavy atom. The van der Waals surface area contributed by atoms with Gasteiger partial charge in [0, 0.05) is 0 Å². The molecular formula is C13H12O3. The van der Waals surface area contributed by atoms with E-state index in [0.29, 0.717) is 11.3 Å². The molecule has 2 rings (SSSR count). The predicted octanol–water partition coefficient (Wildman–Crippen LogP) is 2.67. The van der Waals surface area contributed by atoms with Gasteiger partial charge in [0.15, 0.2) is 6.29 Å². The monoisotopic (exact) mass is 216 g/mol. The molecule has 0 saturated carbocycles. The molecule has 0 aliphatic carbocycles. The molecule has 0 aliphatic heterocycles. The lowest BCUT2D eigenvalue weighted by atomic mass is 10.0. The zero-order valence-electron chi connectivity index (χ0n) is 9.19. The third-order valence-electron chi connectivity index (χ3n) is 2.57. The highest BCUT2D eigenvalue weighted by Gasteiger charge is 2.07. The van der Waals surface area contributed by atoms with Crippen molar-refractivity contribution in [3.63, 3.8) is 0 Å². The van der Waals surface area contributed by atoms with Crippen LogP contribution in [0.1, 0.15) is 10.4 Å². The summed E-state index contributed by atoms with van der Waals surface area (Å²) >= 11 is 0. The summed E-state index contributed by atoms with van der Waals surface area (Å²) in [6.07, 6.45) is 0.813. The van der Waals surface area contributed by atoms with Crippen LogP contribution in [0, 0.1) is 0 Å². The van der Waals surface area contributed by atoms with Gasteiger partial charge >= 0.3 is 0 Å². The zero-order chi connectivity index (χ0) is 11.5. The number of benzene rings is 2. The number of hydrogen-bond acceptors (Lipinski definition) is 3. The largest absolute Gasteiger partial charge is 0.497 e. The Kier molecular flexibility index (Phi) is 2.77. The third-order valence-corrected chi connectivity index (χ3v) is 2.57. The van der Waals surface area contributed by atoms with E-state index >= 15 is 0 Å². The number of methoxy groups -OCH3 is 2. The van der Waals surface area contributed by atoms with Crippen LogP contribution in [-0.4, -0.2) is 20.5 Å². The van der Waals surface area contributed by atoms with Gasteiger partial charge in [-0.1, -0.05) is 6.07 Å². The minimum atomic E-state index is 0.572. The first-order chi connectivity index (χ1) is 7.80. The third kappa shape index (κ3) is 1.60. The lowest BCUT2D eigenvalue weighted by molar-refractivity contribution is 0.112. The molecule has 16 heavy (non-hydrogen) atoms. The molecule has 2 aromatic carbocycles. The second kappa shape index (κ2) is 4.23. The van der Waals surface area contributed by atoms with Crippen LogP contribution in [0.15, 0.2) is 30.3 Å². The summed E-state index contributed by atoms with van der Waals surface area (Å²) in [7, 11) is 3.17. The van der Waals surface area contributed by atoms with Crippen molar-refractivity contribution in [1.82, 2.24) is 0 Å². The minimum Gasteiger partial charge on any atom is -0.497 e. The molecule has 3 heteroatoms. The van der Waals surface area contributed by atoms with Gasteiger partial charge in [-0.2, -0.15) is 0 Å². The Balaban J connectivity index is 2.74. The molecule has 2 aromatic rings. The molecule has 0 heterocycles. The Labute approximate surface area is 93.6 Å². The lowest BCUT2D eigenvalue weighted by Gasteiger charge is -2.08. The molecule has 0 radical (unpaired) electrons. The van der Waals surface area contributed by atoms with Gasteiger partial charge in [-0.3, -0.25) is 4.79 Å². The summed E-state index contributed by atoms with van der Waals surface area (Å²) in [4.78, 5) is 11.0. The van der Waals surface area contributed by atoms with Crippen LogP contribution >= 0.6 is 0 Å². The van der Waals surface area contributed by atoms with Gasteiger partial charge in [0.05, 0.1) is 19.8 Å². The van der Waals surface area contributed by atoms with Gasteiger partial charge in [-0.25, -0.2) is 0 Å². The van der Waals surface area contributed by atoms with Gasteiger partial charge < -0.3 is 9.47 Å². The molecule has 0 amide bonds. The van der Waals surface area contributed by atoms with Crippen molar-refractivity contribution >= 4 is 17.1 Å². The summed E-state index contributed by atoms with van der Waals surface area (Å²) in [5.74, 6) is 1.36. The van der Waals surface area contributed by atoms with Crippen molar-refractivity contribution in [1.29, 1.82) is 0 Å². The summed E-state index contributed by atoms with van der Waals surface area (Å²) in [5, 5.41) is 1.83. The quantitative estimate of drug-likeness (QED) is 0.740. The van der Waals surface area contributed by atoms with E-state index in [0.717, 1.165) is 22.8 Å². The molecule has 0 atom stereocenters. The maximum atomic E-state index is 11.0. The number of rotatable bonds is 3. The number of ether oxygens (including phenoxy) is 2. The maximum Gasteiger partial charge on any atom is 0.154 e. The van der Waals surface area contributed by atoms with Crippen LogP contribution in [0.2, 0.25) is 0 Å². The number of carbonyl (C=O) groups excluding carboxylic acids is 1. The molecule has 3 nitrogen and oxygen atoms in total. The van der Waals surface area contributed by atoms with Crippen molar-refractivity contribution in [2.75, 3.05) is 14.2 Å². The molecule has 0 aliphatic rings. The van der Waals surface area contributed by atoms with Crippen LogP contribution in [-0.2, 0) is 0 Å². The van der Waals surface area contributed by atoms with Gasteiger partial charge in [0.1, 0.15) is 11.5 Å². The smallest absolute Gasteiger partial charge is 0.154 e. The fourth-order valence-corrected chi connectivity index (χ4v) is 1.74. The number of fused-ring (bicyclic) bond motifs is 1. The van der Waals surface area contributed by atoms with E-state index in [4.69, 9.17) is 9.47 Å². The molecule has 0 spiro atoms. The van der Waals surface area contributed by atoms with Crippen LogP contribution in [0.5, 0.6) is 11.5 Å². The molecule has 0 unspecified atom stereocenters. The number of aldehydes is 1. The van der Waals surface area contributed by atoms with E-state index in [1.807, 2.05) is 24.3 Å². The maximum absolute atomic E-state index is 11.0. The Morgan fingerprint density at radius 1 is 1.06 bits per heavy atom. The standard InChI is InChI=1S/C13H12O3/c1-15-10-4-5-11-9(7-10)3-6-13(16-2)12(11)8-14/h3-8H,1-2H3. The molecule has 0 aromatic heterocycles. The average Bonchev–Trinajstić information content (AvgIpc) is 2.36. The topological polar surface area (TPSA) is 35.5 Å². The van der Waals surface area contributed by atoms with Crippen molar-refractivity contribution in [3.8, 4) is 11.5 Å². The fourth-order valence-electron chi connectivity index (χ4n) is 1.74. The van der Waals surface area contributed by atoms with Crippen LogP contribution < -0.4 is 9.47 Å². The summed E-state index contributed by atoms with van der Waals surface area (Å²) in [5.41, 5.74) is 0.572. The highest BCUT2D eigenvalue weighted by molar-refractivity contribution is 6.01. The Bertz CT molecular complexity index is 532. The predicted molar refractivity (Wildman–Crippen MR) is 62.4 cm³/mol. The lowest BCUT2D eigenvalue weighted by Crippen LogP contribution is -1.92. The summed E-state index contributed by atoms with van der Waals surface area (Å²) in [6, 6.07) is 9.27. The highest BCUT2D eigenvalue weighted by Crippen LogP contribution is 2.28. The van der Waals surface area contributed by atoms with Crippen molar-refractivity contribution in [3.05, 3.63) is 35.9 Å². The SMILES string of the molecule is COc1ccc2c(C=O)c(OC)ccc2c1. The van der Waals surface area contributed by atoms with Crippen LogP contribution in [0.3, 0.4) is 0 Å². The molecule has 0 saturated heterocycles. The second-order valence-corrected chi connectivity index (χ2v) is 3.39. The van der Waals surface area contributed by atoms with E-state index in [-0.39, 0.29) is 0 Å². The van der Waals surface area contributed by atoms with Crippen molar-refractivity contribution < 1.29 is 14.3 Å². The van der Waals surface area contributed by atoms with Gasteiger partial charge in [0.25, 0.3) is 0 Å². The van der Waals surface area contributed by atoms with Gasteiger partial charge in [-0.15, -0.1) is 0 Å². The van der Waals surface area contributed by atoms with Crippen LogP contribution in [0.4, 0.5) is 0 Å². The molecule has 0 bridgehead atoms. The zero-order valence-corrected chi connectivity index (χ0v) is 9.19. The van der Waals surface area contributed by atoms with Crippen molar-refractivity contribution in [2.45, 2.75) is 0 Å². The molecular weight excluding hydrogens is 204 g/mol. The summed E-state index contributed by atoms with van der Waals surface area (Å²) in [6.45, 7) is 0. The fraction of sp³-hybridized carbons (Fsp3) is 0.154. The Morgan fingerprint density at radius 3 is 2.50 bits per heavy atom.